The van der Waals surface area contributed by atoms with Gasteiger partial charge in [-0.05, 0) is 42.1 Å². The molecule has 0 saturated heterocycles. The molecule has 1 heterocycles. The van der Waals surface area contributed by atoms with E-state index in [9.17, 15) is 4.79 Å². The van der Waals surface area contributed by atoms with Crippen LogP contribution >= 0.6 is 11.3 Å². The van der Waals surface area contributed by atoms with Crippen LogP contribution in [0.1, 0.15) is 20.8 Å². The van der Waals surface area contributed by atoms with Gasteiger partial charge in [0.1, 0.15) is 5.75 Å². The van der Waals surface area contributed by atoms with Crippen molar-refractivity contribution in [2.24, 2.45) is 0 Å². The first-order valence-corrected chi connectivity index (χ1v) is 6.54. The Hall–Kier alpha value is -1.81. The number of methoxy groups -OCH3 is 1. The molecular weight excluding hydrogens is 246 g/mol. The van der Waals surface area contributed by atoms with Gasteiger partial charge in [-0.15, -0.1) is 11.3 Å². The molecule has 1 amide bonds. The zero-order valence-electron chi connectivity index (χ0n) is 10.4. The summed E-state index contributed by atoms with van der Waals surface area (Å²) in [6.45, 7) is 2.61. The third-order valence-electron chi connectivity index (χ3n) is 2.71. The molecule has 0 spiro atoms. The lowest BCUT2D eigenvalue weighted by molar-refractivity contribution is 0.0951. The molecule has 2 aromatic rings. The van der Waals surface area contributed by atoms with E-state index in [2.05, 4.69) is 11.4 Å². The second-order valence-corrected chi connectivity index (χ2v) is 4.94. The van der Waals surface area contributed by atoms with Crippen LogP contribution in [0.25, 0.3) is 0 Å². The molecule has 0 aliphatic rings. The summed E-state index contributed by atoms with van der Waals surface area (Å²) in [5.74, 6) is 0.608. The fraction of sp³-hybridized carbons (Fsp3) is 0.214. The van der Waals surface area contributed by atoms with Gasteiger partial charge in [0.15, 0.2) is 0 Å². The van der Waals surface area contributed by atoms with Gasteiger partial charge in [0.05, 0.1) is 13.7 Å². The van der Waals surface area contributed by atoms with E-state index in [4.69, 9.17) is 4.74 Å². The zero-order valence-corrected chi connectivity index (χ0v) is 11.2. The molecule has 0 saturated carbocycles. The summed E-state index contributed by atoms with van der Waals surface area (Å²) in [6, 6.07) is 9.19. The summed E-state index contributed by atoms with van der Waals surface area (Å²) < 4.78 is 5.10. The predicted octanol–water partition coefficient (Wildman–Crippen LogP) is 3.00. The number of carbonyl (C=O) groups excluding carboxylic acids is 1. The molecule has 0 fully saturated rings. The molecule has 0 aliphatic carbocycles. The molecule has 0 radical (unpaired) electrons. The third-order valence-corrected chi connectivity index (χ3v) is 3.73. The summed E-state index contributed by atoms with van der Waals surface area (Å²) in [5, 5.41) is 4.94. The largest absolute Gasteiger partial charge is 0.497 e. The van der Waals surface area contributed by atoms with Gasteiger partial charge in [-0.25, -0.2) is 0 Å². The molecule has 1 aromatic heterocycles. The summed E-state index contributed by atoms with van der Waals surface area (Å²) in [7, 11) is 1.59. The molecule has 3 nitrogen and oxygen atoms in total. The Balaban J connectivity index is 2.01. The highest BCUT2D eigenvalue weighted by atomic mass is 32.1. The number of benzene rings is 1. The molecule has 0 atom stereocenters. The SMILES string of the molecule is COc1cccc(C(=O)NCc2sccc2C)c1. The minimum atomic E-state index is -0.0818. The Morgan fingerprint density at radius 1 is 1.39 bits per heavy atom. The summed E-state index contributed by atoms with van der Waals surface area (Å²) in [4.78, 5) is 13.1. The monoisotopic (exact) mass is 261 g/mol. The minimum absolute atomic E-state index is 0.0818. The van der Waals surface area contributed by atoms with Crippen LogP contribution in [0.3, 0.4) is 0 Å². The lowest BCUT2D eigenvalue weighted by atomic mass is 10.2. The smallest absolute Gasteiger partial charge is 0.251 e. The van der Waals surface area contributed by atoms with Gasteiger partial charge in [-0.1, -0.05) is 6.07 Å². The fourth-order valence-electron chi connectivity index (χ4n) is 1.61. The number of rotatable bonds is 4. The maximum Gasteiger partial charge on any atom is 0.251 e. The van der Waals surface area contributed by atoms with Crippen molar-refractivity contribution in [1.82, 2.24) is 5.32 Å². The molecule has 94 valence electrons. The maximum absolute atomic E-state index is 12.0. The number of hydrogen-bond acceptors (Lipinski definition) is 3. The van der Waals surface area contributed by atoms with Gasteiger partial charge in [-0.3, -0.25) is 4.79 Å². The molecular formula is C14H15NO2S. The van der Waals surface area contributed by atoms with Crippen molar-refractivity contribution in [3.05, 3.63) is 51.7 Å². The highest BCUT2D eigenvalue weighted by molar-refractivity contribution is 7.10. The number of amides is 1. The normalized spacial score (nSPS) is 10.1. The Labute approximate surface area is 110 Å². The van der Waals surface area contributed by atoms with Gasteiger partial charge in [-0.2, -0.15) is 0 Å². The van der Waals surface area contributed by atoms with Gasteiger partial charge >= 0.3 is 0 Å². The van der Waals surface area contributed by atoms with Crippen LogP contribution in [0.2, 0.25) is 0 Å². The second-order valence-electron chi connectivity index (χ2n) is 3.94. The Morgan fingerprint density at radius 2 is 2.22 bits per heavy atom. The van der Waals surface area contributed by atoms with Crippen molar-refractivity contribution in [3.8, 4) is 5.75 Å². The first-order valence-electron chi connectivity index (χ1n) is 5.66. The van der Waals surface area contributed by atoms with Crippen molar-refractivity contribution in [2.75, 3.05) is 7.11 Å². The maximum atomic E-state index is 12.0. The Kier molecular flexibility index (Phi) is 3.99. The number of aryl methyl sites for hydroxylation is 1. The van der Waals surface area contributed by atoms with Crippen LogP contribution in [-0.4, -0.2) is 13.0 Å². The van der Waals surface area contributed by atoms with Crippen molar-refractivity contribution in [3.63, 3.8) is 0 Å². The van der Waals surface area contributed by atoms with E-state index in [0.29, 0.717) is 17.9 Å². The van der Waals surface area contributed by atoms with E-state index in [1.165, 1.54) is 10.4 Å². The fourth-order valence-corrected chi connectivity index (χ4v) is 2.46. The molecule has 0 bridgehead atoms. The van der Waals surface area contributed by atoms with Crippen LogP contribution in [0, 0.1) is 6.92 Å². The number of thiophene rings is 1. The topological polar surface area (TPSA) is 38.3 Å². The Bertz CT molecular complexity index is 548. The molecule has 0 aliphatic heterocycles. The van der Waals surface area contributed by atoms with E-state index < -0.39 is 0 Å². The second kappa shape index (κ2) is 5.69. The average Bonchev–Trinajstić information content (AvgIpc) is 2.81. The van der Waals surface area contributed by atoms with Crippen LogP contribution in [0.15, 0.2) is 35.7 Å². The summed E-state index contributed by atoms with van der Waals surface area (Å²) in [6.07, 6.45) is 0. The third kappa shape index (κ3) is 2.90. The van der Waals surface area contributed by atoms with E-state index >= 15 is 0 Å². The quantitative estimate of drug-likeness (QED) is 0.918. The van der Waals surface area contributed by atoms with Crippen molar-refractivity contribution < 1.29 is 9.53 Å². The Morgan fingerprint density at radius 3 is 2.89 bits per heavy atom. The minimum Gasteiger partial charge on any atom is -0.497 e. The number of hydrogen-bond donors (Lipinski definition) is 1. The molecule has 1 N–H and O–H groups in total. The van der Waals surface area contributed by atoms with E-state index in [1.807, 2.05) is 24.4 Å². The van der Waals surface area contributed by atoms with E-state index in [1.54, 1.807) is 30.6 Å². The van der Waals surface area contributed by atoms with Crippen molar-refractivity contribution in [2.45, 2.75) is 13.5 Å². The lowest BCUT2D eigenvalue weighted by Crippen LogP contribution is -2.22. The number of carbonyl (C=O) groups is 1. The lowest BCUT2D eigenvalue weighted by Gasteiger charge is -2.06. The highest BCUT2D eigenvalue weighted by Crippen LogP contribution is 2.16. The molecule has 4 heteroatoms. The first-order chi connectivity index (χ1) is 8.70. The number of ether oxygens (including phenoxy) is 1. The van der Waals surface area contributed by atoms with Gasteiger partial charge < -0.3 is 10.1 Å². The van der Waals surface area contributed by atoms with Crippen LogP contribution in [0.4, 0.5) is 0 Å². The zero-order chi connectivity index (χ0) is 13.0. The molecule has 1 aromatic carbocycles. The number of nitrogens with one attached hydrogen (secondary N) is 1. The highest BCUT2D eigenvalue weighted by Gasteiger charge is 2.07. The van der Waals surface area contributed by atoms with Gasteiger partial charge in [0, 0.05) is 10.4 Å². The van der Waals surface area contributed by atoms with Gasteiger partial charge in [0.2, 0.25) is 0 Å². The van der Waals surface area contributed by atoms with E-state index in [0.717, 1.165) is 0 Å². The molecule has 0 unspecified atom stereocenters. The molecule has 18 heavy (non-hydrogen) atoms. The summed E-state index contributed by atoms with van der Waals surface area (Å²) >= 11 is 1.65. The van der Waals surface area contributed by atoms with Crippen LogP contribution in [0.5, 0.6) is 5.75 Å². The van der Waals surface area contributed by atoms with Crippen molar-refractivity contribution in [1.29, 1.82) is 0 Å². The molecule has 2 rings (SSSR count). The van der Waals surface area contributed by atoms with Crippen LogP contribution < -0.4 is 10.1 Å². The van der Waals surface area contributed by atoms with Gasteiger partial charge in [0.25, 0.3) is 5.91 Å². The first kappa shape index (κ1) is 12.6. The van der Waals surface area contributed by atoms with Crippen molar-refractivity contribution >= 4 is 17.2 Å². The summed E-state index contributed by atoms with van der Waals surface area (Å²) in [5.41, 5.74) is 1.83. The predicted molar refractivity (Wildman–Crippen MR) is 73.2 cm³/mol. The van der Waals surface area contributed by atoms with Crippen LogP contribution in [-0.2, 0) is 6.54 Å². The average molecular weight is 261 g/mol. The van der Waals surface area contributed by atoms with E-state index in [-0.39, 0.29) is 5.91 Å². The standard InChI is InChI=1S/C14H15NO2S/c1-10-6-7-18-13(10)9-15-14(16)11-4-3-5-12(8-11)17-2/h3-8H,9H2,1-2H3,(H,15,16).